The van der Waals surface area contributed by atoms with Crippen LogP contribution in [-0.2, 0) is 14.8 Å². The van der Waals surface area contributed by atoms with Gasteiger partial charge in [0.25, 0.3) is 15.9 Å². The van der Waals surface area contributed by atoms with Crippen LogP contribution in [0.25, 0.3) is 10.9 Å². The average Bonchev–Trinajstić information content (AvgIpc) is 3.39. The number of rotatable bonds is 9. The van der Waals surface area contributed by atoms with Crippen LogP contribution in [0, 0.1) is 15.9 Å². The number of para-hydroxylation sites is 1. The molecule has 0 unspecified atom stereocenters. The third-order valence-electron chi connectivity index (χ3n) is 6.50. The van der Waals surface area contributed by atoms with Crippen LogP contribution in [0.5, 0.6) is 17.2 Å². The van der Waals surface area contributed by atoms with Crippen molar-refractivity contribution in [2.75, 3.05) is 19.8 Å². The molecule has 1 aliphatic heterocycles. The van der Waals surface area contributed by atoms with Crippen LogP contribution < -0.4 is 14.2 Å². The molecule has 5 rings (SSSR count). The minimum atomic E-state index is -4.63. The second kappa shape index (κ2) is 11.1. The number of alkyl halides is 1. The fraction of sp³-hybridized carbons (Fsp3) is 0.222. The van der Waals surface area contributed by atoms with Crippen molar-refractivity contribution in [3.8, 4) is 17.2 Å². The molecular weight excluding hydrogens is 564 g/mol. The molecule has 41 heavy (non-hydrogen) atoms. The van der Waals surface area contributed by atoms with Crippen molar-refractivity contribution in [2.45, 2.75) is 23.4 Å². The number of benzene rings is 3. The Labute approximate surface area is 232 Å². The molecule has 0 atom stereocenters. The Kier molecular flexibility index (Phi) is 7.60. The van der Waals surface area contributed by atoms with Crippen molar-refractivity contribution < 1.29 is 41.1 Å². The Morgan fingerprint density at radius 3 is 2.59 bits per heavy atom. The van der Waals surface area contributed by atoms with E-state index >= 15 is 0 Å². The maximum Gasteiger partial charge on any atom is 0.312 e. The molecule has 1 aliphatic rings. The SMILES string of the molecule is O=C(NS(=O)(=O)c1ccc(OCC2(F)CCOCC2)c([N+](=O)[O-])c1)c1ccccc1Oc1cc2cc[nH]c2cc1F. The molecule has 1 aromatic heterocycles. The van der Waals surface area contributed by atoms with Gasteiger partial charge in [0.2, 0.25) is 0 Å². The highest BCUT2D eigenvalue weighted by Gasteiger charge is 2.34. The van der Waals surface area contributed by atoms with E-state index in [0.29, 0.717) is 17.0 Å². The van der Waals surface area contributed by atoms with E-state index in [1.807, 2.05) is 4.72 Å². The molecule has 0 saturated carbocycles. The monoisotopic (exact) mass is 587 g/mol. The average molecular weight is 588 g/mol. The highest BCUT2D eigenvalue weighted by molar-refractivity contribution is 7.90. The number of aromatic amines is 1. The largest absolute Gasteiger partial charge is 0.483 e. The maximum absolute atomic E-state index is 14.9. The van der Waals surface area contributed by atoms with Crippen LogP contribution in [-0.4, -0.2) is 49.7 Å². The predicted octanol–water partition coefficient (Wildman–Crippen LogP) is 5.02. The Bertz CT molecular complexity index is 1740. The number of halogens is 2. The van der Waals surface area contributed by atoms with Crippen LogP contribution in [0.2, 0.25) is 0 Å². The maximum atomic E-state index is 14.9. The molecule has 1 fully saturated rings. The molecule has 14 heteroatoms. The molecule has 0 bridgehead atoms. The van der Waals surface area contributed by atoms with Crippen LogP contribution in [0.3, 0.4) is 0 Å². The molecule has 214 valence electrons. The molecule has 11 nitrogen and oxygen atoms in total. The number of sulfonamides is 1. The summed E-state index contributed by atoms with van der Waals surface area (Å²) >= 11 is 0. The first-order valence-electron chi connectivity index (χ1n) is 12.3. The third kappa shape index (κ3) is 6.12. The number of fused-ring (bicyclic) bond motifs is 1. The number of carbonyl (C=O) groups excluding carboxylic acids is 1. The van der Waals surface area contributed by atoms with Gasteiger partial charge in [-0.25, -0.2) is 21.9 Å². The lowest BCUT2D eigenvalue weighted by Gasteiger charge is -2.29. The van der Waals surface area contributed by atoms with E-state index in [1.165, 1.54) is 36.4 Å². The van der Waals surface area contributed by atoms with Gasteiger partial charge in [-0.3, -0.25) is 14.9 Å². The van der Waals surface area contributed by atoms with Crippen LogP contribution in [0.15, 0.2) is 71.8 Å². The first-order chi connectivity index (χ1) is 19.5. The zero-order valence-corrected chi connectivity index (χ0v) is 22.1. The molecule has 2 N–H and O–H groups in total. The lowest BCUT2D eigenvalue weighted by molar-refractivity contribution is -0.386. The Hall–Kier alpha value is -4.56. The predicted molar refractivity (Wildman–Crippen MR) is 142 cm³/mol. The van der Waals surface area contributed by atoms with Gasteiger partial charge in [-0.15, -0.1) is 0 Å². The number of amides is 1. The first-order valence-corrected chi connectivity index (χ1v) is 13.8. The number of nitrogens with one attached hydrogen (secondary N) is 2. The number of nitro groups is 1. The van der Waals surface area contributed by atoms with Gasteiger partial charge in [-0.2, -0.15) is 0 Å². The second-order valence-corrected chi connectivity index (χ2v) is 11.0. The summed E-state index contributed by atoms with van der Waals surface area (Å²) in [6, 6.07) is 12.7. The number of aromatic nitrogens is 1. The molecule has 1 amide bonds. The van der Waals surface area contributed by atoms with Gasteiger partial charge in [0, 0.05) is 55.3 Å². The minimum Gasteiger partial charge on any atom is -0.483 e. The van der Waals surface area contributed by atoms with Gasteiger partial charge in [-0.1, -0.05) is 12.1 Å². The second-order valence-electron chi connectivity index (χ2n) is 9.32. The Balaban J connectivity index is 1.36. The van der Waals surface area contributed by atoms with Gasteiger partial charge in [0.05, 0.1) is 15.4 Å². The van der Waals surface area contributed by atoms with Gasteiger partial charge < -0.3 is 19.2 Å². The summed E-state index contributed by atoms with van der Waals surface area (Å²) < 4.78 is 73.5. The number of nitrogens with zero attached hydrogens (tertiary/aromatic N) is 1. The lowest BCUT2D eigenvalue weighted by atomic mass is 9.98. The molecule has 4 aromatic rings. The molecule has 2 heterocycles. The zero-order chi connectivity index (χ0) is 29.2. The van der Waals surface area contributed by atoms with Gasteiger partial charge in [-0.05, 0) is 36.4 Å². The number of H-pyrrole nitrogens is 1. The van der Waals surface area contributed by atoms with E-state index in [4.69, 9.17) is 14.2 Å². The lowest BCUT2D eigenvalue weighted by Crippen LogP contribution is -2.37. The molecule has 1 saturated heterocycles. The van der Waals surface area contributed by atoms with E-state index in [2.05, 4.69) is 4.98 Å². The van der Waals surface area contributed by atoms with Crippen LogP contribution in [0.1, 0.15) is 23.2 Å². The third-order valence-corrected chi connectivity index (χ3v) is 7.83. The topological polar surface area (TPSA) is 150 Å². The van der Waals surface area contributed by atoms with E-state index in [1.54, 1.807) is 12.3 Å². The summed E-state index contributed by atoms with van der Waals surface area (Å²) in [6.45, 7) is -0.109. The van der Waals surface area contributed by atoms with Crippen molar-refractivity contribution in [3.63, 3.8) is 0 Å². The number of hydrogen-bond donors (Lipinski definition) is 2. The van der Waals surface area contributed by atoms with Crippen LogP contribution in [0.4, 0.5) is 14.5 Å². The zero-order valence-electron chi connectivity index (χ0n) is 21.3. The van der Waals surface area contributed by atoms with Gasteiger partial charge >= 0.3 is 5.69 Å². The Morgan fingerprint density at radius 1 is 1.07 bits per heavy atom. The van der Waals surface area contributed by atoms with Crippen molar-refractivity contribution >= 4 is 32.5 Å². The standard InChI is InChI=1S/C27H23F2N3O8S/c28-20-15-21-17(7-10-30-21)13-25(20)40-23-4-2-1-3-19(23)26(33)31-41(36,37)18-5-6-24(22(14-18)32(34)35)39-16-27(29)8-11-38-12-9-27/h1-7,10,13-15,30H,8-9,11-12,16H2,(H,31,33). The molecule has 0 radical (unpaired) electrons. The first kappa shape index (κ1) is 28.0. The number of hydrogen-bond acceptors (Lipinski definition) is 8. The molecule has 3 aromatic carbocycles. The summed E-state index contributed by atoms with van der Waals surface area (Å²) in [7, 11) is -4.63. The molecule has 0 aliphatic carbocycles. The molecular formula is C27H23F2N3O8S. The van der Waals surface area contributed by atoms with Crippen molar-refractivity contribution in [1.29, 1.82) is 0 Å². The Morgan fingerprint density at radius 2 is 1.83 bits per heavy atom. The highest BCUT2D eigenvalue weighted by atomic mass is 32.2. The quantitative estimate of drug-likeness (QED) is 0.205. The normalized spacial score (nSPS) is 14.9. The van der Waals surface area contributed by atoms with Crippen LogP contribution >= 0.6 is 0 Å². The summed E-state index contributed by atoms with van der Waals surface area (Å²) in [6.07, 6.45) is 1.72. The fourth-order valence-electron chi connectivity index (χ4n) is 4.25. The number of carbonyl (C=O) groups is 1. The van der Waals surface area contributed by atoms with Gasteiger partial charge in [0.15, 0.2) is 17.3 Å². The molecule has 0 spiro atoms. The van der Waals surface area contributed by atoms with Crippen molar-refractivity contribution in [1.82, 2.24) is 9.71 Å². The minimum absolute atomic E-state index is 0.0534. The van der Waals surface area contributed by atoms with E-state index in [9.17, 15) is 32.1 Å². The summed E-state index contributed by atoms with van der Waals surface area (Å²) in [4.78, 5) is 26.1. The smallest absolute Gasteiger partial charge is 0.312 e. The van der Waals surface area contributed by atoms with E-state index in [-0.39, 0.29) is 48.9 Å². The fourth-order valence-corrected chi connectivity index (χ4v) is 5.23. The van der Waals surface area contributed by atoms with E-state index in [0.717, 1.165) is 12.1 Å². The van der Waals surface area contributed by atoms with Crippen molar-refractivity contribution in [3.05, 3.63) is 88.4 Å². The van der Waals surface area contributed by atoms with E-state index < -0.39 is 49.5 Å². The summed E-state index contributed by atoms with van der Waals surface area (Å²) in [5.41, 5.74) is -2.17. The number of nitro benzene ring substituents is 1. The van der Waals surface area contributed by atoms with Gasteiger partial charge in [0.1, 0.15) is 18.0 Å². The number of ether oxygens (including phenoxy) is 3. The summed E-state index contributed by atoms with van der Waals surface area (Å²) in [5.74, 6) is -2.48. The summed E-state index contributed by atoms with van der Waals surface area (Å²) in [5, 5.41) is 12.3. The highest BCUT2D eigenvalue weighted by Crippen LogP contribution is 2.34. The van der Waals surface area contributed by atoms with Crippen molar-refractivity contribution in [2.24, 2.45) is 0 Å².